The predicted molar refractivity (Wildman–Crippen MR) is 111 cm³/mol. The molecule has 2 aliphatic heterocycles. The Morgan fingerprint density at radius 1 is 1.11 bits per heavy atom. The van der Waals surface area contributed by atoms with Crippen molar-refractivity contribution in [3.8, 4) is 0 Å². The zero-order valence-corrected chi connectivity index (χ0v) is 17.5. The largest absolute Gasteiger partial charge is 0.369 e. The fourth-order valence-corrected chi connectivity index (χ4v) is 5.04. The normalized spacial score (nSPS) is 24.1. The number of hydrogen-bond donors (Lipinski definition) is 1. The third-order valence-corrected chi connectivity index (χ3v) is 6.80. The van der Waals surface area contributed by atoms with Crippen LogP contribution in [0.5, 0.6) is 0 Å². The molecule has 3 aliphatic rings. The summed E-state index contributed by atoms with van der Waals surface area (Å²) in [6.07, 6.45) is 9.95. The lowest BCUT2D eigenvalue weighted by molar-refractivity contribution is -0.129. The van der Waals surface area contributed by atoms with Crippen LogP contribution >= 0.6 is 0 Å². The highest BCUT2D eigenvalue weighted by Crippen LogP contribution is 2.31. The molecule has 1 N–H and O–H groups in total. The molecule has 6 heteroatoms. The molecule has 1 amide bonds. The number of nitrogens with one attached hydrogen (secondary N) is 1. The number of nitrogens with zero attached hydrogens (tertiary/aromatic N) is 4. The van der Waals surface area contributed by atoms with Crippen LogP contribution in [-0.4, -0.2) is 58.9 Å². The van der Waals surface area contributed by atoms with Gasteiger partial charge < -0.3 is 15.1 Å². The summed E-state index contributed by atoms with van der Waals surface area (Å²) in [5.41, 5.74) is 2.30. The van der Waals surface area contributed by atoms with Gasteiger partial charge in [0.1, 0.15) is 11.6 Å². The van der Waals surface area contributed by atoms with Crippen molar-refractivity contribution in [2.24, 2.45) is 5.92 Å². The van der Waals surface area contributed by atoms with E-state index in [1.165, 1.54) is 51.5 Å². The number of anilines is 1. The van der Waals surface area contributed by atoms with Crippen molar-refractivity contribution in [2.45, 2.75) is 70.8 Å². The number of fused-ring (bicyclic) bond motifs is 1. The number of likely N-dealkylation sites (tertiary alicyclic amines) is 1. The van der Waals surface area contributed by atoms with E-state index in [1.54, 1.807) is 6.92 Å². The average molecular weight is 386 g/mol. The summed E-state index contributed by atoms with van der Waals surface area (Å²) in [5, 5.41) is 3.69. The van der Waals surface area contributed by atoms with E-state index in [-0.39, 0.29) is 5.91 Å². The van der Waals surface area contributed by atoms with Crippen LogP contribution in [0.15, 0.2) is 0 Å². The van der Waals surface area contributed by atoms with Gasteiger partial charge in [-0.05, 0) is 45.2 Å². The minimum atomic E-state index is 0.141. The number of rotatable bonds is 4. The van der Waals surface area contributed by atoms with Crippen molar-refractivity contribution in [2.75, 3.05) is 38.5 Å². The zero-order valence-electron chi connectivity index (χ0n) is 17.5. The fraction of sp³-hybridized carbons (Fsp3) is 0.773. The molecule has 0 unspecified atom stereocenters. The van der Waals surface area contributed by atoms with E-state index in [0.29, 0.717) is 12.5 Å². The molecular formula is C22H35N5O. The summed E-state index contributed by atoms with van der Waals surface area (Å²) in [7, 11) is 2.19. The molecule has 4 rings (SSSR count). The molecule has 1 saturated carbocycles. The summed E-state index contributed by atoms with van der Waals surface area (Å²) in [6, 6.07) is 0. The monoisotopic (exact) mass is 385 g/mol. The van der Waals surface area contributed by atoms with Gasteiger partial charge in [0, 0.05) is 44.5 Å². The Bertz CT molecular complexity index is 700. The third kappa shape index (κ3) is 4.48. The van der Waals surface area contributed by atoms with Gasteiger partial charge >= 0.3 is 0 Å². The molecule has 154 valence electrons. The van der Waals surface area contributed by atoms with Gasteiger partial charge in [-0.1, -0.05) is 19.3 Å². The van der Waals surface area contributed by atoms with Crippen LogP contribution in [0.2, 0.25) is 0 Å². The highest BCUT2D eigenvalue weighted by molar-refractivity contribution is 5.74. The molecule has 0 radical (unpaired) electrons. The van der Waals surface area contributed by atoms with E-state index in [4.69, 9.17) is 9.97 Å². The van der Waals surface area contributed by atoms with Crippen LogP contribution in [0.1, 0.15) is 74.9 Å². The second-order valence-electron chi connectivity index (χ2n) is 9.03. The maximum absolute atomic E-state index is 11.9. The number of amides is 1. The lowest BCUT2D eigenvalue weighted by Gasteiger charge is -2.32. The Morgan fingerprint density at radius 3 is 2.68 bits per heavy atom. The molecule has 0 bridgehead atoms. The van der Waals surface area contributed by atoms with Crippen LogP contribution < -0.4 is 5.32 Å². The molecule has 1 saturated heterocycles. The fourth-order valence-electron chi connectivity index (χ4n) is 5.04. The van der Waals surface area contributed by atoms with Crippen LogP contribution in [-0.2, 0) is 17.8 Å². The Hall–Kier alpha value is -1.69. The van der Waals surface area contributed by atoms with E-state index in [2.05, 4.69) is 17.3 Å². The summed E-state index contributed by atoms with van der Waals surface area (Å²) in [6.45, 7) is 6.27. The highest BCUT2D eigenvalue weighted by Gasteiger charge is 2.28. The Morgan fingerprint density at radius 2 is 1.93 bits per heavy atom. The van der Waals surface area contributed by atoms with Crippen LogP contribution in [0, 0.1) is 5.92 Å². The van der Waals surface area contributed by atoms with Crippen molar-refractivity contribution < 1.29 is 4.79 Å². The number of carbonyl (C=O) groups excluding carboxylic acids is 1. The van der Waals surface area contributed by atoms with Gasteiger partial charge in [0.05, 0.1) is 12.2 Å². The van der Waals surface area contributed by atoms with Crippen LogP contribution in [0.4, 0.5) is 5.82 Å². The van der Waals surface area contributed by atoms with Gasteiger partial charge in [0.2, 0.25) is 5.91 Å². The molecule has 1 aromatic heterocycles. The standard InChI is InChI=1S/C22H35N5O/c1-16(28)27-12-10-20-19(15-27)22(23-13-17-7-4-3-5-8-17)25-21(24-20)18-9-6-11-26(2)14-18/h17-18H,3-15H2,1-2H3,(H,23,24,25)/t18-/m0/s1. The third-order valence-electron chi connectivity index (χ3n) is 6.80. The molecule has 0 spiro atoms. The first kappa shape index (κ1) is 19.6. The van der Waals surface area contributed by atoms with E-state index < -0.39 is 0 Å². The number of piperidine rings is 1. The lowest BCUT2D eigenvalue weighted by atomic mass is 9.89. The summed E-state index contributed by atoms with van der Waals surface area (Å²) < 4.78 is 0. The Labute approximate surface area is 169 Å². The number of hydrogen-bond acceptors (Lipinski definition) is 5. The van der Waals surface area contributed by atoms with Gasteiger partial charge in [-0.3, -0.25) is 4.79 Å². The molecule has 6 nitrogen and oxygen atoms in total. The average Bonchev–Trinajstić information content (AvgIpc) is 2.72. The summed E-state index contributed by atoms with van der Waals surface area (Å²) >= 11 is 0. The predicted octanol–water partition coefficient (Wildman–Crippen LogP) is 3.18. The van der Waals surface area contributed by atoms with E-state index >= 15 is 0 Å². The highest BCUT2D eigenvalue weighted by atomic mass is 16.2. The lowest BCUT2D eigenvalue weighted by Crippen LogP contribution is -2.37. The molecule has 1 atom stereocenters. The maximum atomic E-state index is 11.9. The number of aromatic nitrogens is 2. The van der Waals surface area contributed by atoms with Crippen molar-refractivity contribution in [1.29, 1.82) is 0 Å². The van der Waals surface area contributed by atoms with Gasteiger partial charge in [0.25, 0.3) is 0 Å². The van der Waals surface area contributed by atoms with Gasteiger partial charge in [-0.2, -0.15) is 0 Å². The maximum Gasteiger partial charge on any atom is 0.219 e. The second-order valence-corrected chi connectivity index (χ2v) is 9.03. The molecule has 2 fully saturated rings. The van der Waals surface area contributed by atoms with Crippen molar-refractivity contribution >= 4 is 11.7 Å². The topological polar surface area (TPSA) is 61.4 Å². The first-order valence-corrected chi connectivity index (χ1v) is 11.2. The van der Waals surface area contributed by atoms with E-state index in [0.717, 1.165) is 54.9 Å². The van der Waals surface area contributed by atoms with Crippen molar-refractivity contribution in [3.63, 3.8) is 0 Å². The smallest absolute Gasteiger partial charge is 0.219 e. The molecule has 0 aromatic carbocycles. The minimum Gasteiger partial charge on any atom is -0.369 e. The summed E-state index contributed by atoms with van der Waals surface area (Å²) in [5.74, 6) is 3.31. The Balaban J connectivity index is 1.58. The zero-order chi connectivity index (χ0) is 19.5. The molecule has 3 heterocycles. The SMILES string of the molecule is CC(=O)N1CCc2nc([C@H]3CCCN(C)C3)nc(NCC3CCCCC3)c2C1. The number of carbonyl (C=O) groups is 1. The van der Waals surface area contributed by atoms with Gasteiger partial charge in [0.15, 0.2) is 0 Å². The molecular weight excluding hydrogens is 350 g/mol. The van der Waals surface area contributed by atoms with E-state index in [1.807, 2.05) is 4.90 Å². The molecule has 28 heavy (non-hydrogen) atoms. The first-order valence-electron chi connectivity index (χ1n) is 11.2. The van der Waals surface area contributed by atoms with E-state index in [9.17, 15) is 4.79 Å². The second kappa shape index (κ2) is 8.76. The van der Waals surface area contributed by atoms with Gasteiger partial charge in [-0.15, -0.1) is 0 Å². The Kier molecular flexibility index (Phi) is 6.14. The first-order chi connectivity index (χ1) is 13.6. The van der Waals surface area contributed by atoms with Crippen molar-refractivity contribution in [3.05, 3.63) is 17.1 Å². The quantitative estimate of drug-likeness (QED) is 0.862. The summed E-state index contributed by atoms with van der Waals surface area (Å²) in [4.78, 5) is 26.3. The molecule has 1 aliphatic carbocycles. The van der Waals surface area contributed by atoms with Crippen molar-refractivity contribution in [1.82, 2.24) is 19.8 Å². The van der Waals surface area contributed by atoms with Crippen LogP contribution in [0.3, 0.4) is 0 Å². The molecule has 1 aromatic rings. The van der Waals surface area contributed by atoms with Gasteiger partial charge in [-0.25, -0.2) is 9.97 Å². The number of likely N-dealkylation sites (N-methyl/N-ethyl adjacent to an activating group) is 1. The van der Waals surface area contributed by atoms with Crippen LogP contribution in [0.25, 0.3) is 0 Å². The minimum absolute atomic E-state index is 0.141.